The van der Waals surface area contributed by atoms with Crippen molar-refractivity contribution in [2.24, 2.45) is 23.7 Å². The molecular formula is C33H53BrO6. The van der Waals surface area contributed by atoms with Crippen molar-refractivity contribution in [2.45, 2.75) is 151 Å². The molecule has 0 N–H and O–H groups in total. The third-order valence-electron chi connectivity index (χ3n) is 10.1. The lowest BCUT2D eigenvalue weighted by atomic mass is 9.88. The molecule has 228 valence electrons. The molecular weight excluding hydrogens is 572 g/mol. The molecule has 0 bridgehead atoms. The van der Waals surface area contributed by atoms with Gasteiger partial charge < -0.3 is 28.5 Å². The SMILES string of the molecule is CCCC1CCC([C@@H](C=C[C@@H]2[C@H]3C[C@H](C(Br)CCCC=O)O[C@@H]3C[C@H]2OC2CCCCO2)OC2CCCCO2)C1. The summed E-state index contributed by atoms with van der Waals surface area (Å²) < 4.78 is 32.1. The second kappa shape index (κ2) is 16.0. The van der Waals surface area contributed by atoms with E-state index in [0.29, 0.717) is 24.2 Å². The fraction of sp³-hybridized carbons (Fsp3) is 0.909. The maximum Gasteiger partial charge on any atom is 0.158 e. The first kappa shape index (κ1) is 31.1. The molecule has 11 atom stereocenters. The number of hydrogen-bond acceptors (Lipinski definition) is 6. The van der Waals surface area contributed by atoms with E-state index in [4.69, 9.17) is 23.7 Å². The Morgan fingerprint density at radius 1 is 0.975 bits per heavy atom. The smallest absolute Gasteiger partial charge is 0.158 e. The van der Waals surface area contributed by atoms with Gasteiger partial charge in [0.05, 0.1) is 24.4 Å². The molecule has 0 radical (unpaired) electrons. The Hall–Kier alpha value is -0.310. The molecule has 0 amide bonds. The van der Waals surface area contributed by atoms with Crippen LogP contribution in [0.1, 0.15) is 110 Å². The summed E-state index contributed by atoms with van der Waals surface area (Å²) in [6.07, 6.45) is 23.8. The van der Waals surface area contributed by atoms with Crippen molar-refractivity contribution in [1.82, 2.24) is 0 Å². The van der Waals surface area contributed by atoms with E-state index in [0.717, 1.165) is 76.8 Å². The zero-order valence-electron chi connectivity index (χ0n) is 24.6. The van der Waals surface area contributed by atoms with Crippen LogP contribution in [-0.4, -0.2) is 61.3 Å². The molecule has 40 heavy (non-hydrogen) atoms. The van der Waals surface area contributed by atoms with Crippen molar-refractivity contribution in [3.05, 3.63) is 12.2 Å². The molecule has 6 nitrogen and oxygen atoms in total. The highest BCUT2D eigenvalue weighted by molar-refractivity contribution is 9.09. The standard InChI is InChI=1S/C33H53BrO6/c1-2-9-23-13-14-24(20-23)28(39-32-11-4-7-18-36-32)16-15-25-26-21-31(27(34)10-3-6-17-35)38-30(26)22-29(25)40-33-12-5-8-19-37-33/h15-17,23-33H,2-14,18-22H2,1H3/t23?,24?,25-,26-,27?,28-,29-,30-,31-,32?,33?/m1/s1. The number of aldehydes is 1. The highest BCUT2D eigenvalue weighted by Gasteiger charge is 2.51. The van der Waals surface area contributed by atoms with Crippen molar-refractivity contribution in [3.8, 4) is 0 Å². The molecule has 3 heterocycles. The van der Waals surface area contributed by atoms with Crippen LogP contribution in [0.3, 0.4) is 0 Å². The van der Waals surface area contributed by atoms with E-state index in [1.54, 1.807) is 0 Å². The molecule has 5 fully saturated rings. The zero-order valence-corrected chi connectivity index (χ0v) is 26.2. The predicted molar refractivity (Wildman–Crippen MR) is 159 cm³/mol. The first-order valence-electron chi connectivity index (χ1n) is 16.6. The number of carbonyl (C=O) groups excluding carboxylic acids is 1. The Balaban J connectivity index is 1.29. The van der Waals surface area contributed by atoms with Gasteiger partial charge in [0.2, 0.25) is 0 Å². The van der Waals surface area contributed by atoms with E-state index in [2.05, 4.69) is 35.0 Å². The van der Waals surface area contributed by atoms with E-state index in [1.807, 2.05) is 0 Å². The van der Waals surface area contributed by atoms with Gasteiger partial charge in [-0.2, -0.15) is 0 Å². The second-order valence-electron chi connectivity index (χ2n) is 13.0. The van der Waals surface area contributed by atoms with Gasteiger partial charge in [0.25, 0.3) is 0 Å². The minimum absolute atomic E-state index is 0.0765. The second-order valence-corrected chi connectivity index (χ2v) is 14.2. The lowest BCUT2D eigenvalue weighted by Crippen LogP contribution is -2.33. The number of ether oxygens (including phenoxy) is 5. The zero-order chi connectivity index (χ0) is 27.7. The van der Waals surface area contributed by atoms with Gasteiger partial charge in [-0.3, -0.25) is 0 Å². The topological polar surface area (TPSA) is 63.2 Å². The summed E-state index contributed by atoms with van der Waals surface area (Å²) in [5.41, 5.74) is 0. The molecule has 3 saturated heterocycles. The third kappa shape index (κ3) is 8.41. The maximum absolute atomic E-state index is 10.8. The van der Waals surface area contributed by atoms with Crippen LogP contribution in [-0.2, 0) is 28.5 Å². The molecule has 0 spiro atoms. The molecule has 0 aromatic heterocycles. The summed E-state index contributed by atoms with van der Waals surface area (Å²) in [4.78, 5) is 11.1. The average molecular weight is 626 g/mol. The Bertz CT molecular complexity index is 781. The Morgan fingerprint density at radius 2 is 1.77 bits per heavy atom. The lowest BCUT2D eigenvalue weighted by Gasteiger charge is -2.31. The first-order valence-corrected chi connectivity index (χ1v) is 17.5. The van der Waals surface area contributed by atoms with Crippen molar-refractivity contribution < 1.29 is 28.5 Å². The molecule has 5 unspecified atom stereocenters. The Labute approximate surface area is 250 Å². The minimum Gasteiger partial charge on any atom is -0.373 e. The van der Waals surface area contributed by atoms with Crippen molar-refractivity contribution in [2.75, 3.05) is 13.2 Å². The highest BCUT2D eigenvalue weighted by Crippen LogP contribution is 2.48. The number of rotatable bonds is 14. The van der Waals surface area contributed by atoms with Crippen LogP contribution in [0.5, 0.6) is 0 Å². The van der Waals surface area contributed by atoms with Crippen LogP contribution in [0.15, 0.2) is 12.2 Å². The van der Waals surface area contributed by atoms with E-state index in [1.165, 1.54) is 44.9 Å². The number of hydrogen-bond donors (Lipinski definition) is 0. The van der Waals surface area contributed by atoms with Gasteiger partial charge in [-0.15, -0.1) is 0 Å². The number of fused-ring (bicyclic) bond motifs is 1. The quantitative estimate of drug-likeness (QED) is 0.0862. The van der Waals surface area contributed by atoms with Crippen LogP contribution in [0.25, 0.3) is 0 Å². The monoisotopic (exact) mass is 624 g/mol. The fourth-order valence-electron chi connectivity index (χ4n) is 7.97. The predicted octanol–water partition coefficient (Wildman–Crippen LogP) is 7.51. The first-order chi connectivity index (χ1) is 19.6. The van der Waals surface area contributed by atoms with E-state index in [9.17, 15) is 4.79 Å². The van der Waals surface area contributed by atoms with Gasteiger partial charge in [0.1, 0.15) is 6.29 Å². The van der Waals surface area contributed by atoms with Gasteiger partial charge in [0.15, 0.2) is 12.6 Å². The molecule has 0 aromatic carbocycles. The summed E-state index contributed by atoms with van der Waals surface area (Å²) in [6.45, 7) is 3.92. The van der Waals surface area contributed by atoms with Crippen LogP contribution in [0.4, 0.5) is 0 Å². The molecule has 0 aromatic rings. The molecule has 2 saturated carbocycles. The summed E-state index contributed by atoms with van der Waals surface area (Å²) in [6, 6.07) is 0. The van der Waals surface area contributed by atoms with Crippen LogP contribution in [0, 0.1) is 23.7 Å². The fourth-order valence-corrected chi connectivity index (χ4v) is 8.63. The molecule has 5 aliphatic rings. The number of halogens is 1. The van der Waals surface area contributed by atoms with Crippen LogP contribution >= 0.6 is 15.9 Å². The molecule has 3 aliphatic heterocycles. The number of unbranched alkanes of at least 4 members (excludes halogenated alkanes) is 1. The van der Waals surface area contributed by atoms with Gasteiger partial charge in [-0.1, -0.05) is 54.3 Å². The molecule has 5 rings (SSSR count). The maximum atomic E-state index is 10.8. The Morgan fingerprint density at radius 3 is 2.50 bits per heavy atom. The van der Waals surface area contributed by atoms with Crippen molar-refractivity contribution in [1.29, 1.82) is 0 Å². The molecule has 7 heteroatoms. The normalized spacial score (nSPS) is 39.9. The summed E-state index contributed by atoms with van der Waals surface area (Å²) in [5.74, 6) is 2.12. The van der Waals surface area contributed by atoms with E-state index >= 15 is 0 Å². The minimum atomic E-state index is -0.0936. The summed E-state index contributed by atoms with van der Waals surface area (Å²) in [7, 11) is 0. The van der Waals surface area contributed by atoms with Gasteiger partial charge in [-0.05, 0) is 88.4 Å². The summed E-state index contributed by atoms with van der Waals surface area (Å²) >= 11 is 3.89. The number of carbonyl (C=O) groups is 1. The van der Waals surface area contributed by atoms with Crippen LogP contribution in [0.2, 0.25) is 0 Å². The largest absolute Gasteiger partial charge is 0.373 e. The lowest BCUT2D eigenvalue weighted by molar-refractivity contribution is -0.194. The molecule has 2 aliphatic carbocycles. The summed E-state index contributed by atoms with van der Waals surface area (Å²) in [5, 5.41) is 0. The van der Waals surface area contributed by atoms with Gasteiger partial charge in [-0.25, -0.2) is 0 Å². The van der Waals surface area contributed by atoms with Gasteiger partial charge >= 0.3 is 0 Å². The highest BCUT2D eigenvalue weighted by atomic mass is 79.9. The van der Waals surface area contributed by atoms with E-state index < -0.39 is 0 Å². The van der Waals surface area contributed by atoms with Crippen molar-refractivity contribution in [3.63, 3.8) is 0 Å². The van der Waals surface area contributed by atoms with E-state index in [-0.39, 0.29) is 41.8 Å². The van der Waals surface area contributed by atoms with Crippen molar-refractivity contribution >= 4 is 22.2 Å². The Kier molecular flexibility index (Phi) is 12.4. The van der Waals surface area contributed by atoms with Gasteiger partial charge in [0, 0.05) is 36.8 Å². The number of alkyl halides is 1. The third-order valence-corrected chi connectivity index (χ3v) is 11.2. The van der Waals surface area contributed by atoms with Crippen LogP contribution < -0.4 is 0 Å². The average Bonchev–Trinajstić information content (AvgIpc) is 3.68.